The first-order chi connectivity index (χ1) is 7.45. The van der Waals surface area contributed by atoms with E-state index >= 15 is 0 Å². The highest BCUT2D eigenvalue weighted by Crippen LogP contribution is 2.34. The Balaban J connectivity index is 2.92. The van der Waals surface area contributed by atoms with E-state index in [1.807, 2.05) is 13.8 Å². The van der Waals surface area contributed by atoms with Gasteiger partial charge in [-0.05, 0) is 12.0 Å². The Bertz CT molecular complexity index is 368. The summed E-state index contributed by atoms with van der Waals surface area (Å²) in [7, 11) is 0. The monoisotopic (exact) mass is 281 g/mol. The zero-order valence-corrected chi connectivity index (χ0v) is 11.4. The summed E-state index contributed by atoms with van der Waals surface area (Å²) >= 11 is 17.7. The van der Waals surface area contributed by atoms with Gasteiger partial charge in [-0.2, -0.15) is 0 Å². The SMILES string of the molecule is CC(C)C(CN)Oc1cc(Cl)c(Cl)cc1Cl. The third-order valence-electron chi connectivity index (χ3n) is 2.23. The molecule has 1 atom stereocenters. The Hall–Kier alpha value is -0.150. The van der Waals surface area contributed by atoms with Crippen molar-refractivity contribution >= 4 is 34.8 Å². The van der Waals surface area contributed by atoms with Gasteiger partial charge in [-0.15, -0.1) is 0 Å². The van der Waals surface area contributed by atoms with Crippen LogP contribution in [0.2, 0.25) is 15.1 Å². The molecule has 90 valence electrons. The van der Waals surface area contributed by atoms with Crippen molar-refractivity contribution in [2.24, 2.45) is 11.7 Å². The summed E-state index contributed by atoms with van der Waals surface area (Å²) in [5, 5.41) is 1.27. The second-order valence-electron chi connectivity index (χ2n) is 3.83. The second kappa shape index (κ2) is 5.97. The first-order valence-corrected chi connectivity index (χ1v) is 6.10. The molecule has 0 amide bonds. The molecule has 1 aromatic carbocycles. The number of benzene rings is 1. The third kappa shape index (κ3) is 3.42. The van der Waals surface area contributed by atoms with Crippen LogP contribution in [-0.4, -0.2) is 12.6 Å². The highest BCUT2D eigenvalue weighted by atomic mass is 35.5. The van der Waals surface area contributed by atoms with E-state index in [0.29, 0.717) is 33.3 Å². The van der Waals surface area contributed by atoms with Crippen molar-refractivity contribution < 1.29 is 4.74 Å². The first-order valence-electron chi connectivity index (χ1n) is 4.97. The summed E-state index contributed by atoms with van der Waals surface area (Å²) in [6.45, 7) is 4.49. The van der Waals surface area contributed by atoms with Crippen molar-refractivity contribution in [1.29, 1.82) is 0 Å². The predicted molar refractivity (Wildman–Crippen MR) is 69.8 cm³/mol. The summed E-state index contributed by atoms with van der Waals surface area (Å²) in [5.41, 5.74) is 5.61. The minimum atomic E-state index is -0.0882. The third-order valence-corrected chi connectivity index (χ3v) is 3.25. The molecule has 0 bridgehead atoms. The van der Waals surface area contributed by atoms with Crippen LogP contribution in [0, 0.1) is 5.92 Å². The smallest absolute Gasteiger partial charge is 0.139 e. The summed E-state index contributed by atoms with van der Waals surface area (Å²) in [5.74, 6) is 0.815. The van der Waals surface area contributed by atoms with Crippen molar-refractivity contribution in [3.05, 3.63) is 27.2 Å². The molecular formula is C11H14Cl3NO. The Labute approximate surface area is 111 Å². The maximum Gasteiger partial charge on any atom is 0.139 e. The minimum absolute atomic E-state index is 0.0882. The molecule has 2 nitrogen and oxygen atoms in total. The normalized spacial score (nSPS) is 12.9. The van der Waals surface area contributed by atoms with Crippen LogP contribution in [-0.2, 0) is 0 Å². The molecule has 0 aliphatic rings. The molecule has 0 fully saturated rings. The molecule has 0 aliphatic heterocycles. The number of hydrogen-bond donors (Lipinski definition) is 1. The number of hydrogen-bond acceptors (Lipinski definition) is 2. The van der Waals surface area contributed by atoms with Crippen LogP contribution in [0.3, 0.4) is 0 Å². The van der Waals surface area contributed by atoms with Gasteiger partial charge in [-0.3, -0.25) is 0 Å². The van der Waals surface area contributed by atoms with E-state index in [1.165, 1.54) is 0 Å². The molecule has 0 aliphatic carbocycles. The average Bonchev–Trinajstić information content (AvgIpc) is 2.21. The highest BCUT2D eigenvalue weighted by molar-refractivity contribution is 6.43. The van der Waals surface area contributed by atoms with E-state index in [4.69, 9.17) is 45.3 Å². The molecule has 0 heterocycles. The van der Waals surface area contributed by atoms with E-state index < -0.39 is 0 Å². The van der Waals surface area contributed by atoms with Crippen LogP contribution in [0.5, 0.6) is 5.75 Å². The van der Waals surface area contributed by atoms with Gasteiger partial charge in [0.2, 0.25) is 0 Å². The van der Waals surface area contributed by atoms with Crippen molar-refractivity contribution in [1.82, 2.24) is 0 Å². The van der Waals surface area contributed by atoms with Crippen LogP contribution in [0.4, 0.5) is 0 Å². The molecule has 0 aromatic heterocycles. The molecule has 16 heavy (non-hydrogen) atoms. The maximum absolute atomic E-state index is 6.00. The molecule has 1 aromatic rings. The molecule has 2 N–H and O–H groups in total. The van der Waals surface area contributed by atoms with Crippen LogP contribution in [0.15, 0.2) is 12.1 Å². The lowest BCUT2D eigenvalue weighted by Crippen LogP contribution is -2.31. The van der Waals surface area contributed by atoms with Gasteiger partial charge >= 0.3 is 0 Å². The zero-order chi connectivity index (χ0) is 12.3. The number of nitrogens with two attached hydrogens (primary N) is 1. The largest absolute Gasteiger partial charge is 0.487 e. The number of halogens is 3. The van der Waals surface area contributed by atoms with E-state index in [1.54, 1.807) is 12.1 Å². The molecule has 1 unspecified atom stereocenters. The molecule has 0 radical (unpaired) electrons. The number of ether oxygens (including phenoxy) is 1. The van der Waals surface area contributed by atoms with Crippen molar-refractivity contribution in [2.75, 3.05) is 6.54 Å². The fourth-order valence-electron chi connectivity index (χ4n) is 1.21. The first kappa shape index (κ1) is 13.9. The Morgan fingerprint density at radius 1 is 1.12 bits per heavy atom. The summed E-state index contributed by atoms with van der Waals surface area (Å²) in [6, 6.07) is 3.17. The zero-order valence-electron chi connectivity index (χ0n) is 9.14. The fourth-order valence-corrected chi connectivity index (χ4v) is 1.80. The van der Waals surface area contributed by atoms with Gasteiger partial charge < -0.3 is 10.5 Å². The standard InChI is InChI=1S/C11H14Cl3NO/c1-6(2)11(5-15)16-10-4-8(13)7(12)3-9(10)14/h3-4,6,11H,5,15H2,1-2H3. The Morgan fingerprint density at radius 2 is 1.69 bits per heavy atom. The van der Waals surface area contributed by atoms with Crippen molar-refractivity contribution in [2.45, 2.75) is 20.0 Å². The van der Waals surface area contributed by atoms with Crippen LogP contribution >= 0.6 is 34.8 Å². The van der Waals surface area contributed by atoms with Gasteiger partial charge in [0, 0.05) is 12.6 Å². The predicted octanol–water partition coefficient (Wildman–Crippen LogP) is 4.01. The molecule has 0 saturated carbocycles. The van der Waals surface area contributed by atoms with Gasteiger partial charge in [-0.1, -0.05) is 48.7 Å². The van der Waals surface area contributed by atoms with E-state index in [9.17, 15) is 0 Å². The molecule has 1 rings (SSSR count). The minimum Gasteiger partial charge on any atom is -0.487 e. The van der Waals surface area contributed by atoms with Gasteiger partial charge in [-0.25, -0.2) is 0 Å². The molecular weight excluding hydrogens is 268 g/mol. The molecule has 0 saturated heterocycles. The maximum atomic E-state index is 6.00. The second-order valence-corrected chi connectivity index (χ2v) is 5.05. The van der Waals surface area contributed by atoms with Gasteiger partial charge in [0.15, 0.2) is 0 Å². The average molecular weight is 283 g/mol. The summed E-state index contributed by atoms with van der Waals surface area (Å²) in [4.78, 5) is 0. The van der Waals surface area contributed by atoms with Gasteiger partial charge in [0.1, 0.15) is 11.9 Å². The van der Waals surface area contributed by atoms with E-state index in [-0.39, 0.29) is 6.10 Å². The number of rotatable bonds is 4. The topological polar surface area (TPSA) is 35.2 Å². The summed E-state index contributed by atoms with van der Waals surface area (Å²) < 4.78 is 5.69. The van der Waals surface area contributed by atoms with Crippen LogP contribution in [0.25, 0.3) is 0 Å². The van der Waals surface area contributed by atoms with Crippen molar-refractivity contribution in [3.63, 3.8) is 0 Å². The van der Waals surface area contributed by atoms with E-state index in [0.717, 1.165) is 0 Å². The lowest BCUT2D eigenvalue weighted by Gasteiger charge is -2.21. The van der Waals surface area contributed by atoms with Gasteiger partial charge in [0.05, 0.1) is 15.1 Å². The summed E-state index contributed by atoms with van der Waals surface area (Å²) in [6.07, 6.45) is -0.0882. The van der Waals surface area contributed by atoms with Gasteiger partial charge in [0.25, 0.3) is 0 Å². The fraction of sp³-hybridized carbons (Fsp3) is 0.455. The lowest BCUT2D eigenvalue weighted by molar-refractivity contribution is 0.159. The lowest BCUT2D eigenvalue weighted by atomic mass is 10.1. The highest BCUT2D eigenvalue weighted by Gasteiger charge is 2.16. The van der Waals surface area contributed by atoms with Crippen LogP contribution < -0.4 is 10.5 Å². The Kier molecular flexibility index (Phi) is 5.19. The van der Waals surface area contributed by atoms with Crippen molar-refractivity contribution in [3.8, 4) is 5.75 Å². The quantitative estimate of drug-likeness (QED) is 0.847. The van der Waals surface area contributed by atoms with Crippen LogP contribution in [0.1, 0.15) is 13.8 Å². The van der Waals surface area contributed by atoms with E-state index in [2.05, 4.69) is 0 Å². The Morgan fingerprint density at radius 3 is 2.19 bits per heavy atom. The molecule has 0 spiro atoms. The molecule has 5 heteroatoms.